The molecule has 150 valence electrons. The number of nitrogens with zero attached hydrogens (tertiary/aromatic N) is 1. The molecule has 0 aliphatic heterocycles. The number of thioether (sulfide) groups is 1. The van der Waals surface area contributed by atoms with Gasteiger partial charge in [0.1, 0.15) is 5.76 Å². The van der Waals surface area contributed by atoms with Crippen LogP contribution in [-0.4, -0.2) is 17.1 Å². The first-order valence-electron chi connectivity index (χ1n) is 10.2. The fourth-order valence-electron chi connectivity index (χ4n) is 5.30. The van der Waals surface area contributed by atoms with Gasteiger partial charge in [-0.25, -0.2) is 0 Å². The Bertz CT molecular complexity index is 884. The normalized spacial score (nSPS) is 27.9. The topological polar surface area (TPSA) is 55.1 Å². The minimum absolute atomic E-state index is 0.0523. The third kappa shape index (κ3) is 2.99. The fourth-order valence-corrected chi connectivity index (χ4v) is 6.50. The highest BCUT2D eigenvalue weighted by molar-refractivity contribution is 7.98. The summed E-state index contributed by atoms with van der Waals surface area (Å²) in [6, 6.07) is 8.17. The van der Waals surface area contributed by atoms with Gasteiger partial charge in [0.2, 0.25) is 0 Å². The van der Waals surface area contributed by atoms with E-state index in [-0.39, 0.29) is 17.4 Å². The smallest absolute Gasteiger partial charge is 0.252 e. The van der Waals surface area contributed by atoms with Gasteiger partial charge in [-0.05, 0) is 62.0 Å². The van der Waals surface area contributed by atoms with E-state index in [0.717, 1.165) is 39.7 Å². The van der Waals surface area contributed by atoms with E-state index in [1.165, 1.54) is 12.8 Å². The maximum Gasteiger partial charge on any atom is 0.252 e. The second kappa shape index (κ2) is 6.94. The van der Waals surface area contributed by atoms with Crippen molar-refractivity contribution in [3.8, 4) is 0 Å². The number of benzene rings is 1. The van der Waals surface area contributed by atoms with Crippen LogP contribution in [0, 0.1) is 30.6 Å². The van der Waals surface area contributed by atoms with Crippen molar-refractivity contribution < 1.29 is 9.32 Å². The molecule has 0 unspecified atom stereocenters. The lowest BCUT2D eigenvalue weighted by atomic mass is 9.69. The zero-order valence-electron chi connectivity index (χ0n) is 17.5. The van der Waals surface area contributed by atoms with Crippen molar-refractivity contribution >= 4 is 17.7 Å². The third-order valence-corrected chi connectivity index (χ3v) is 8.88. The summed E-state index contributed by atoms with van der Waals surface area (Å²) in [5, 5.41) is 7.43. The Balaban J connectivity index is 1.50. The van der Waals surface area contributed by atoms with Gasteiger partial charge in [0.05, 0.1) is 11.3 Å². The number of aromatic nitrogens is 1. The molecule has 0 saturated heterocycles. The van der Waals surface area contributed by atoms with Gasteiger partial charge in [0.15, 0.2) is 0 Å². The molecule has 3 atom stereocenters. The summed E-state index contributed by atoms with van der Waals surface area (Å²) < 4.78 is 5.27. The van der Waals surface area contributed by atoms with E-state index in [0.29, 0.717) is 11.3 Å². The molecule has 4 rings (SSSR count). The summed E-state index contributed by atoms with van der Waals surface area (Å²) in [7, 11) is 0. The van der Waals surface area contributed by atoms with Crippen molar-refractivity contribution in [2.45, 2.75) is 70.6 Å². The highest BCUT2D eigenvalue weighted by Gasteiger charge is 2.61. The lowest BCUT2D eigenvalue weighted by Crippen LogP contribution is -2.47. The monoisotopic (exact) mass is 398 g/mol. The number of nitrogens with one attached hydrogen (secondary N) is 1. The summed E-state index contributed by atoms with van der Waals surface area (Å²) >= 11 is 1.67. The number of hydrogen-bond donors (Lipinski definition) is 1. The Labute approximate surface area is 171 Å². The fraction of sp³-hybridized carbons (Fsp3) is 0.565. The molecule has 0 radical (unpaired) electrons. The quantitative estimate of drug-likeness (QED) is 0.673. The van der Waals surface area contributed by atoms with Crippen LogP contribution < -0.4 is 5.32 Å². The average molecular weight is 399 g/mol. The van der Waals surface area contributed by atoms with Crippen LogP contribution in [0.15, 0.2) is 33.7 Å². The Morgan fingerprint density at radius 2 is 2.04 bits per heavy atom. The van der Waals surface area contributed by atoms with Gasteiger partial charge in [-0.1, -0.05) is 38.1 Å². The zero-order valence-corrected chi connectivity index (χ0v) is 18.3. The molecule has 1 aromatic heterocycles. The van der Waals surface area contributed by atoms with E-state index in [9.17, 15) is 4.79 Å². The molecule has 1 N–H and O–H groups in total. The van der Waals surface area contributed by atoms with Crippen LogP contribution in [0.4, 0.5) is 0 Å². The Morgan fingerprint density at radius 3 is 2.64 bits per heavy atom. The molecule has 2 aliphatic carbocycles. The number of carbonyl (C=O) groups excluding carboxylic acids is 1. The lowest BCUT2D eigenvalue weighted by molar-refractivity contribution is 0.0823. The molecule has 5 heteroatoms. The van der Waals surface area contributed by atoms with Gasteiger partial charge < -0.3 is 9.84 Å². The van der Waals surface area contributed by atoms with Gasteiger partial charge in [-0.3, -0.25) is 4.79 Å². The van der Waals surface area contributed by atoms with Crippen LogP contribution in [0.2, 0.25) is 0 Å². The van der Waals surface area contributed by atoms with Crippen LogP contribution in [-0.2, 0) is 5.75 Å². The standard InChI is InChI=1S/C23H30N2O2S/c1-14-18(15(2)27-25-14)13-28-19-9-7-6-8-17(19)21(26)24-20-12-16-10-11-23(20,5)22(16,3)4/h6-9,16,20H,10-13H2,1-5H3,(H,24,26)/t16-,20-,23+/m0/s1. The van der Waals surface area contributed by atoms with Crippen LogP contribution in [0.1, 0.15) is 67.4 Å². The van der Waals surface area contributed by atoms with Crippen molar-refractivity contribution in [3.05, 3.63) is 46.8 Å². The highest BCUT2D eigenvalue weighted by atomic mass is 32.2. The van der Waals surface area contributed by atoms with E-state index in [1.807, 2.05) is 38.1 Å². The molecular formula is C23H30N2O2S. The largest absolute Gasteiger partial charge is 0.361 e. The first kappa shape index (κ1) is 19.6. The molecular weight excluding hydrogens is 368 g/mol. The van der Waals surface area contributed by atoms with E-state index in [2.05, 4.69) is 31.2 Å². The van der Waals surface area contributed by atoms with E-state index in [4.69, 9.17) is 4.52 Å². The number of rotatable bonds is 5. The zero-order chi connectivity index (χ0) is 20.1. The maximum atomic E-state index is 13.2. The predicted octanol–water partition coefficient (Wildman–Crippen LogP) is 5.53. The van der Waals surface area contributed by atoms with Gasteiger partial charge in [0, 0.05) is 22.3 Å². The summed E-state index contributed by atoms with van der Waals surface area (Å²) in [5.41, 5.74) is 3.28. The van der Waals surface area contributed by atoms with Gasteiger partial charge >= 0.3 is 0 Å². The van der Waals surface area contributed by atoms with Crippen molar-refractivity contribution in [1.82, 2.24) is 10.5 Å². The summed E-state index contributed by atoms with van der Waals surface area (Å²) in [6.45, 7) is 11.0. The van der Waals surface area contributed by atoms with Gasteiger partial charge in [-0.2, -0.15) is 0 Å². The van der Waals surface area contributed by atoms with Gasteiger partial charge in [0.25, 0.3) is 5.91 Å². The highest BCUT2D eigenvalue weighted by Crippen LogP contribution is 2.65. The number of hydrogen-bond acceptors (Lipinski definition) is 4. The first-order chi connectivity index (χ1) is 13.2. The van der Waals surface area contributed by atoms with Crippen molar-refractivity contribution in [2.75, 3.05) is 0 Å². The summed E-state index contributed by atoms with van der Waals surface area (Å²) in [6.07, 6.45) is 3.60. The molecule has 4 nitrogen and oxygen atoms in total. The molecule has 2 bridgehead atoms. The molecule has 2 saturated carbocycles. The van der Waals surface area contributed by atoms with Crippen LogP contribution in [0.25, 0.3) is 0 Å². The Kier molecular flexibility index (Phi) is 4.85. The van der Waals surface area contributed by atoms with E-state index in [1.54, 1.807) is 11.8 Å². The third-order valence-electron chi connectivity index (χ3n) is 7.78. The SMILES string of the molecule is Cc1noc(C)c1CSc1ccccc1C(=O)N[C@H]1C[C@@H]2CC[C@@]1(C)C2(C)C. The maximum absolute atomic E-state index is 13.2. The molecule has 2 aliphatic rings. The molecule has 0 spiro atoms. The number of amides is 1. The predicted molar refractivity (Wildman–Crippen MR) is 112 cm³/mol. The lowest BCUT2D eigenvalue weighted by Gasteiger charge is -2.39. The second-order valence-electron chi connectivity index (χ2n) is 9.22. The first-order valence-corrected chi connectivity index (χ1v) is 11.2. The minimum atomic E-state index is 0.0523. The van der Waals surface area contributed by atoms with E-state index < -0.39 is 0 Å². The molecule has 1 heterocycles. The minimum Gasteiger partial charge on any atom is -0.361 e. The molecule has 2 fully saturated rings. The summed E-state index contributed by atoms with van der Waals surface area (Å²) in [4.78, 5) is 14.2. The summed E-state index contributed by atoms with van der Waals surface area (Å²) in [5.74, 6) is 2.37. The number of carbonyl (C=O) groups is 1. The van der Waals surface area contributed by atoms with Gasteiger partial charge in [-0.15, -0.1) is 11.8 Å². The van der Waals surface area contributed by atoms with Crippen molar-refractivity contribution in [2.24, 2.45) is 16.7 Å². The molecule has 2 aromatic rings. The van der Waals surface area contributed by atoms with Crippen molar-refractivity contribution in [1.29, 1.82) is 0 Å². The van der Waals surface area contributed by atoms with Crippen LogP contribution >= 0.6 is 11.8 Å². The van der Waals surface area contributed by atoms with Crippen LogP contribution in [0.5, 0.6) is 0 Å². The van der Waals surface area contributed by atoms with Crippen LogP contribution in [0.3, 0.4) is 0 Å². The Hall–Kier alpha value is -1.75. The van der Waals surface area contributed by atoms with E-state index >= 15 is 0 Å². The Morgan fingerprint density at radius 1 is 1.29 bits per heavy atom. The van der Waals surface area contributed by atoms with Crippen molar-refractivity contribution in [3.63, 3.8) is 0 Å². The molecule has 1 aromatic carbocycles. The number of fused-ring (bicyclic) bond motifs is 2. The molecule has 28 heavy (non-hydrogen) atoms. The molecule has 1 amide bonds. The average Bonchev–Trinajstić information content (AvgIpc) is 3.17. The second-order valence-corrected chi connectivity index (χ2v) is 10.2. The number of aryl methyl sites for hydroxylation is 2.